The van der Waals surface area contributed by atoms with E-state index in [2.05, 4.69) is 12.2 Å². The third kappa shape index (κ3) is 3.53. The van der Waals surface area contributed by atoms with E-state index < -0.39 is 6.10 Å². The first kappa shape index (κ1) is 12.6. The SMILES string of the molecule is Cc1ccc(C(O)CC2COCC(C)N2)cc1. The highest BCUT2D eigenvalue weighted by atomic mass is 16.5. The van der Waals surface area contributed by atoms with E-state index in [0.717, 1.165) is 12.2 Å². The summed E-state index contributed by atoms with van der Waals surface area (Å²) in [4.78, 5) is 0. The molecule has 0 saturated carbocycles. The number of aliphatic hydroxyl groups excluding tert-OH is 1. The van der Waals surface area contributed by atoms with E-state index in [1.54, 1.807) is 0 Å². The molecule has 3 heteroatoms. The molecule has 17 heavy (non-hydrogen) atoms. The minimum atomic E-state index is -0.415. The number of hydrogen-bond donors (Lipinski definition) is 2. The van der Waals surface area contributed by atoms with Gasteiger partial charge >= 0.3 is 0 Å². The van der Waals surface area contributed by atoms with Crippen LogP contribution < -0.4 is 5.32 Å². The normalized spacial score (nSPS) is 26.8. The second-order valence-electron chi connectivity index (χ2n) is 4.96. The minimum absolute atomic E-state index is 0.245. The Bertz CT molecular complexity index is 350. The molecule has 0 spiro atoms. The Hall–Kier alpha value is -0.900. The van der Waals surface area contributed by atoms with Crippen molar-refractivity contribution in [3.8, 4) is 0 Å². The molecule has 1 aromatic rings. The van der Waals surface area contributed by atoms with Gasteiger partial charge in [-0.05, 0) is 25.8 Å². The molecule has 1 aliphatic rings. The van der Waals surface area contributed by atoms with E-state index in [9.17, 15) is 5.11 Å². The van der Waals surface area contributed by atoms with Crippen molar-refractivity contribution >= 4 is 0 Å². The maximum absolute atomic E-state index is 10.2. The summed E-state index contributed by atoms with van der Waals surface area (Å²) in [5.41, 5.74) is 2.20. The topological polar surface area (TPSA) is 41.5 Å². The Morgan fingerprint density at radius 2 is 2.06 bits per heavy atom. The van der Waals surface area contributed by atoms with Crippen molar-refractivity contribution < 1.29 is 9.84 Å². The van der Waals surface area contributed by atoms with Crippen LogP contribution in [0.25, 0.3) is 0 Å². The third-order valence-electron chi connectivity index (χ3n) is 3.18. The average Bonchev–Trinajstić information content (AvgIpc) is 2.29. The quantitative estimate of drug-likeness (QED) is 0.839. The number of morpholine rings is 1. The summed E-state index contributed by atoms with van der Waals surface area (Å²) in [6.07, 6.45) is 0.287. The lowest BCUT2D eigenvalue weighted by molar-refractivity contribution is 0.0304. The Balaban J connectivity index is 1.91. The molecule has 0 amide bonds. The predicted molar refractivity (Wildman–Crippen MR) is 68.0 cm³/mol. The zero-order valence-electron chi connectivity index (χ0n) is 10.5. The number of hydrogen-bond acceptors (Lipinski definition) is 3. The van der Waals surface area contributed by atoms with Crippen LogP contribution in [-0.2, 0) is 4.74 Å². The molecule has 1 fully saturated rings. The van der Waals surface area contributed by atoms with Gasteiger partial charge in [-0.3, -0.25) is 0 Å². The fourth-order valence-corrected chi connectivity index (χ4v) is 2.22. The number of aryl methyl sites for hydroxylation is 1. The molecule has 0 aromatic heterocycles. The van der Waals surface area contributed by atoms with Crippen LogP contribution in [0.15, 0.2) is 24.3 Å². The molecule has 2 N–H and O–H groups in total. The Morgan fingerprint density at radius 1 is 1.35 bits per heavy atom. The number of rotatable bonds is 3. The highest BCUT2D eigenvalue weighted by Crippen LogP contribution is 2.20. The van der Waals surface area contributed by atoms with E-state index in [4.69, 9.17) is 4.74 Å². The summed E-state index contributed by atoms with van der Waals surface area (Å²) in [5.74, 6) is 0. The van der Waals surface area contributed by atoms with Crippen LogP contribution in [-0.4, -0.2) is 30.4 Å². The van der Waals surface area contributed by atoms with Gasteiger partial charge in [0, 0.05) is 12.1 Å². The van der Waals surface area contributed by atoms with E-state index in [1.165, 1.54) is 5.56 Å². The highest BCUT2D eigenvalue weighted by Gasteiger charge is 2.21. The third-order valence-corrected chi connectivity index (χ3v) is 3.18. The molecule has 1 saturated heterocycles. The monoisotopic (exact) mass is 235 g/mol. The van der Waals surface area contributed by atoms with Gasteiger partial charge in [0.2, 0.25) is 0 Å². The van der Waals surface area contributed by atoms with Crippen molar-refractivity contribution in [3.05, 3.63) is 35.4 Å². The van der Waals surface area contributed by atoms with Crippen LogP contribution in [0.1, 0.15) is 30.6 Å². The fraction of sp³-hybridized carbons (Fsp3) is 0.571. The number of ether oxygens (including phenoxy) is 1. The molecular formula is C14H21NO2. The van der Waals surface area contributed by atoms with E-state index in [0.29, 0.717) is 19.1 Å². The van der Waals surface area contributed by atoms with Gasteiger partial charge < -0.3 is 15.2 Å². The largest absolute Gasteiger partial charge is 0.388 e. The van der Waals surface area contributed by atoms with Crippen molar-refractivity contribution in [2.75, 3.05) is 13.2 Å². The molecular weight excluding hydrogens is 214 g/mol. The van der Waals surface area contributed by atoms with Crippen LogP contribution in [0.3, 0.4) is 0 Å². The highest BCUT2D eigenvalue weighted by molar-refractivity contribution is 5.23. The minimum Gasteiger partial charge on any atom is -0.388 e. The number of benzene rings is 1. The first-order valence-corrected chi connectivity index (χ1v) is 6.23. The molecule has 3 nitrogen and oxygen atoms in total. The molecule has 94 valence electrons. The maximum atomic E-state index is 10.2. The van der Waals surface area contributed by atoms with Gasteiger partial charge in [0.15, 0.2) is 0 Å². The summed E-state index contributed by atoms with van der Waals surface area (Å²) in [5, 5.41) is 13.6. The van der Waals surface area contributed by atoms with Gasteiger partial charge in [-0.2, -0.15) is 0 Å². The van der Waals surface area contributed by atoms with Gasteiger partial charge in [-0.1, -0.05) is 29.8 Å². The van der Waals surface area contributed by atoms with Gasteiger partial charge in [0.25, 0.3) is 0 Å². The smallest absolute Gasteiger partial charge is 0.0805 e. The lowest BCUT2D eigenvalue weighted by Crippen LogP contribution is -2.47. The molecule has 3 atom stereocenters. The Morgan fingerprint density at radius 3 is 2.71 bits per heavy atom. The standard InChI is InChI=1S/C14H21NO2/c1-10-3-5-12(6-4-10)14(16)7-13-9-17-8-11(2)15-13/h3-6,11,13-16H,7-9H2,1-2H3. The van der Waals surface area contributed by atoms with Gasteiger partial charge in [-0.25, -0.2) is 0 Å². The van der Waals surface area contributed by atoms with Crippen LogP contribution in [0.4, 0.5) is 0 Å². The van der Waals surface area contributed by atoms with Crippen molar-refractivity contribution in [3.63, 3.8) is 0 Å². The summed E-state index contributed by atoms with van der Waals surface area (Å²) < 4.78 is 5.48. The van der Waals surface area contributed by atoms with Crippen molar-refractivity contribution in [1.82, 2.24) is 5.32 Å². The zero-order chi connectivity index (χ0) is 12.3. The van der Waals surface area contributed by atoms with Gasteiger partial charge in [0.05, 0.1) is 19.3 Å². The van der Waals surface area contributed by atoms with Crippen molar-refractivity contribution in [2.45, 2.75) is 38.5 Å². The van der Waals surface area contributed by atoms with Gasteiger partial charge in [-0.15, -0.1) is 0 Å². The second kappa shape index (κ2) is 5.63. The molecule has 0 radical (unpaired) electrons. The summed E-state index contributed by atoms with van der Waals surface area (Å²) >= 11 is 0. The molecule has 1 aliphatic heterocycles. The average molecular weight is 235 g/mol. The van der Waals surface area contributed by atoms with E-state index >= 15 is 0 Å². The van der Waals surface area contributed by atoms with E-state index in [1.807, 2.05) is 31.2 Å². The van der Waals surface area contributed by atoms with Crippen LogP contribution in [0.5, 0.6) is 0 Å². The van der Waals surface area contributed by atoms with E-state index in [-0.39, 0.29) is 6.04 Å². The maximum Gasteiger partial charge on any atom is 0.0805 e. The van der Waals surface area contributed by atoms with Crippen molar-refractivity contribution in [2.24, 2.45) is 0 Å². The molecule has 0 aliphatic carbocycles. The number of aliphatic hydroxyl groups is 1. The van der Waals surface area contributed by atoms with Crippen LogP contribution >= 0.6 is 0 Å². The first-order valence-electron chi connectivity index (χ1n) is 6.23. The molecule has 1 heterocycles. The van der Waals surface area contributed by atoms with Crippen molar-refractivity contribution in [1.29, 1.82) is 0 Å². The lowest BCUT2D eigenvalue weighted by atomic mass is 10.0. The number of nitrogens with one attached hydrogen (secondary N) is 1. The van der Waals surface area contributed by atoms with Crippen LogP contribution in [0.2, 0.25) is 0 Å². The fourth-order valence-electron chi connectivity index (χ4n) is 2.22. The molecule has 1 aromatic carbocycles. The summed E-state index contributed by atoms with van der Waals surface area (Å²) in [7, 11) is 0. The summed E-state index contributed by atoms with van der Waals surface area (Å²) in [6.45, 7) is 5.60. The zero-order valence-corrected chi connectivity index (χ0v) is 10.5. The Labute approximate surface area is 103 Å². The predicted octanol–water partition coefficient (Wildman–Crippen LogP) is 1.80. The molecule has 2 rings (SSSR count). The van der Waals surface area contributed by atoms with Crippen LogP contribution in [0, 0.1) is 6.92 Å². The molecule has 3 unspecified atom stereocenters. The summed E-state index contributed by atoms with van der Waals surface area (Å²) in [6, 6.07) is 8.67. The Kier molecular flexibility index (Phi) is 4.15. The second-order valence-corrected chi connectivity index (χ2v) is 4.96. The lowest BCUT2D eigenvalue weighted by Gasteiger charge is -2.30. The molecule has 0 bridgehead atoms. The first-order chi connectivity index (χ1) is 8.15. The van der Waals surface area contributed by atoms with Gasteiger partial charge in [0.1, 0.15) is 0 Å².